The van der Waals surface area contributed by atoms with E-state index in [4.69, 9.17) is 0 Å². The zero-order valence-corrected chi connectivity index (χ0v) is 13.9. The van der Waals surface area contributed by atoms with Crippen LogP contribution in [0.5, 0.6) is 0 Å². The Morgan fingerprint density at radius 2 is 1.88 bits per heavy atom. The number of rotatable bonds is 1. The summed E-state index contributed by atoms with van der Waals surface area (Å²) in [6, 6.07) is 4.27. The lowest BCUT2D eigenvalue weighted by molar-refractivity contribution is -0.383. The van der Waals surface area contributed by atoms with Crippen molar-refractivity contribution in [1.82, 2.24) is 9.80 Å². The molecule has 6 nitrogen and oxygen atoms in total. The summed E-state index contributed by atoms with van der Waals surface area (Å²) in [5, 5.41) is 0. The molecule has 1 saturated heterocycles. The fraction of sp³-hybridized carbons (Fsp3) is 0.294. The molecule has 3 amide bonds. The fourth-order valence-corrected chi connectivity index (χ4v) is 2.78. The number of amides is 3. The highest BCUT2D eigenvalue weighted by Gasteiger charge is 2.50. The van der Waals surface area contributed by atoms with E-state index in [0.29, 0.717) is 22.8 Å². The van der Waals surface area contributed by atoms with Crippen LogP contribution in [-0.4, -0.2) is 47.4 Å². The van der Waals surface area contributed by atoms with Crippen molar-refractivity contribution >= 4 is 29.2 Å². The van der Waals surface area contributed by atoms with Gasteiger partial charge in [0.15, 0.2) is 5.92 Å². The van der Waals surface area contributed by atoms with Crippen molar-refractivity contribution in [2.75, 3.05) is 14.1 Å². The van der Waals surface area contributed by atoms with Crippen LogP contribution in [0.1, 0.15) is 12.5 Å². The number of carbonyl (C=O) groups excluding carboxylic acids is 2. The number of allylic oxidation sites excluding steroid dienone is 1. The van der Waals surface area contributed by atoms with E-state index in [0.717, 1.165) is 10.5 Å². The topological polar surface area (TPSA) is 67.0 Å². The van der Waals surface area contributed by atoms with Gasteiger partial charge < -0.3 is 0 Å². The molecular weight excluding hydrogens is 311 g/mol. The van der Waals surface area contributed by atoms with Gasteiger partial charge in [-0.1, -0.05) is 6.07 Å². The number of aliphatic imine (C=N–C) groups is 1. The maximum atomic E-state index is 13.8. The molecule has 1 fully saturated rings. The maximum absolute atomic E-state index is 13.8. The smallest absolute Gasteiger partial charge is 0.273 e. The Labute approximate surface area is 139 Å². The number of hydrogen-bond acceptors (Lipinski definition) is 3. The van der Waals surface area contributed by atoms with Gasteiger partial charge in [-0.3, -0.25) is 9.79 Å². The highest BCUT2D eigenvalue weighted by molar-refractivity contribution is 6.31. The lowest BCUT2D eigenvalue weighted by Gasteiger charge is -2.32. The molecule has 0 radical (unpaired) electrons. The lowest BCUT2D eigenvalue weighted by atomic mass is 9.91. The second kappa shape index (κ2) is 5.67. The van der Waals surface area contributed by atoms with Crippen molar-refractivity contribution in [3.8, 4) is 0 Å². The van der Waals surface area contributed by atoms with Crippen LogP contribution >= 0.6 is 0 Å². The Bertz CT molecular complexity index is 841. The molecule has 1 aromatic rings. The minimum absolute atomic E-state index is 0.351. The van der Waals surface area contributed by atoms with Crippen molar-refractivity contribution in [2.45, 2.75) is 13.8 Å². The molecule has 1 aromatic carbocycles. The zero-order chi connectivity index (χ0) is 17.6. The summed E-state index contributed by atoms with van der Waals surface area (Å²) in [4.78, 5) is 34.6. The molecule has 0 aliphatic carbocycles. The number of imide groups is 1. The van der Waals surface area contributed by atoms with E-state index in [2.05, 4.69) is 9.98 Å². The van der Waals surface area contributed by atoms with Crippen molar-refractivity contribution in [2.24, 2.45) is 10.9 Å². The number of fused-ring (bicyclic) bond motifs is 1. The normalized spacial score (nSPS) is 22.5. The SMILES string of the molecule is CC1=C[NH+]=C2C(C(=O)N(C)C(=O)N2C)C1=Nc1ccc(C)c(F)c1. The van der Waals surface area contributed by atoms with Crippen molar-refractivity contribution in [3.63, 3.8) is 0 Å². The number of amidine groups is 1. The average Bonchev–Trinajstić information content (AvgIpc) is 2.56. The first kappa shape index (κ1) is 16.0. The molecule has 0 bridgehead atoms. The van der Waals surface area contributed by atoms with Crippen LogP contribution in [0.15, 0.2) is 35.0 Å². The van der Waals surface area contributed by atoms with E-state index in [1.165, 1.54) is 18.0 Å². The maximum Gasteiger partial charge on any atom is 0.417 e. The number of urea groups is 1. The van der Waals surface area contributed by atoms with E-state index >= 15 is 0 Å². The summed E-state index contributed by atoms with van der Waals surface area (Å²) in [6.45, 7) is 3.49. The van der Waals surface area contributed by atoms with Gasteiger partial charge in [0.2, 0.25) is 0 Å². The third-order valence-corrected chi connectivity index (χ3v) is 4.31. The first-order valence-corrected chi connectivity index (χ1v) is 7.51. The number of benzene rings is 1. The first-order valence-electron chi connectivity index (χ1n) is 7.51. The monoisotopic (exact) mass is 329 g/mol. The minimum atomic E-state index is -0.716. The third kappa shape index (κ3) is 2.42. The van der Waals surface area contributed by atoms with Crippen LogP contribution in [0.25, 0.3) is 0 Å². The van der Waals surface area contributed by atoms with Crippen molar-refractivity contribution < 1.29 is 19.0 Å². The summed E-state index contributed by atoms with van der Waals surface area (Å²) in [7, 11) is 3.03. The van der Waals surface area contributed by atoms with Gasteiger partial charge in [-0.2, -0.15) is 4.90 Å². The van der Waals surface area contributed by atoms with Gasteiger partial charge in [0.05, 0.1) is 24.6 Å². The Hall–Kier alpha value is -2.83. The summed E-state index contributed by atoms with van der Waals surface area (Å²) in [5.41, 5.74) is 2.22. The Kier molecular flexibility index (Phi) is 3.79. The van der Waals surface area contributed by atoms with Crippen LogP contribution in [0.2, 0.25) is 0 Å². The van der Waals surface area contributed by atoms with E-state index in [1.54, 1.807) is 32.3 Å². The number of hydrogen-bond donors (Lipinski definition) is 1. The van der Waals surface area contributed by atoms with E-state index in [-0.39, 0.29) is 11.7 Å². The molecule has 3 rings (SSSR count). The van der Waals surface area contributed by atoms with E-state index in [9.17, 15) is 14.0 Å². The number of carbonyl (C=O) groups is 2. The van der Waals surface area contributed by atoms with Crippen LogP contribution in [0.3, 0.4) is 0 Å². The number of halogens is 1. The first-order chi connectivity index (χ1) is 11.3. The molecule has 1 N–H and O–H groups in total. The van der Waals surface area contributed by atoms with Crippen molar-refractivity contribution in [3.05, 3.63) is 41.4 Å². The molecule has 1 atom stereocenters. The van der Waals surface area contributed by atoms with Gasteiger partial charge >= 0.3 is 6.03 Å². The second-order valence-corrected chi connectivity index (χ2v) is 5.96. The molecule has 2 aliphatic heterocycles. The van der Waals surface area contributed by atoms with Crippen LogP contribution in [0.4, 0.5) is 14.9 Å². The molecule has 24 heavy (non-hydrogen) atoms. The standard InChI is InChI=1S/C17H17FN4O2/c1-9-5-6-11(7-12(9)18)20-14-10(2)8-19-15-13(14)16(23)22(4)17(24)21(15)3/h5-8,13H,1-4H3/p+1. The van der Waals surface area contributed by atoms with Crippen LogP contribution in [-0.2, 0) is 4.79 Å². The number of nitrogens with zero attached hydrogens (tertiary/aromatic N) is 3. The molecule has 7 heteroatoms. The van der Waals surface area contributed by atoms with Gasteiger partial charge in [-0.15, -0.1) is 0 Å². The predicted molar refractivity (Wildman–Crippen MR) is 87.4 cm³/mol. The average molecular weight is 329 g/mol. The van der Waals surface area contributed by atoms with E-state index < -0.39 is 11.9 Å². The third-order valence-electron chi connectivity index (χ3n) is 4.31. The lowest BCUT2D eigenvalue weighted by Crippen LogP contribution is -2.80. The fourth-order valence-electron chi connectivity index (χ4n) is 2.78. The molecule has 0 spiro atoms. The Morgan fingerprint density at radius 3 is 2.54 bits per heavy atom. The summed E-state index contributed by atoms with van der Waals surface area (Å²) in [5.74, 6) is -0.970. The van der Waals surface area contributed by atoms with Gasteiger partial charge in [0, 0.05) is 12.6 Å². The molecule has 2 heterocycles. The van der Waals surface area contributed by atoms with Gasteiger partial charge in [0.1, 0.15) is 5.82 Å². The van der Waals surface area contributed by atoms with Gasteiger partial charge in [0.25, 0.3) is 11.7 Å². The molecule has 124 valence electrons. The Morgan fingerprint density at radius 1 is 1.17 bits per heavy atom. The number of aryl methyl sites for hydroxylation is 1. The van der Waals surface area contributed by atoms with E-state index in [1.807, 2.05) is 6.92 Å². The largest absolute Gasteiger partial charge is 0.417 e. The highest BCUT2D eigenvalue weighted by atomic mass is 19.1. The molecular formula is C17H18FN4O2+. The summed E-state index contributed by atoms with van der Waals surface area (Å²) in [6.07, 6.45) is 1.69. The van der Waals surface area contributed by atoms with Crippen molar-refractivity contribution in [1.29, 1.82) is 0 Å². The second-order valence-electron chi connectivity index (χ2n) is 5.96. The predicted octanol–water partition coefficient (Wildman–Crippen LogP) is 0.743. The van der Waals surface area contributed by atoms with Crippen LogP contribution < -0.4 is 4.99 Å². The minimum Gasteiger partial charge on any atom is -0.273 e. The van der Waals surface area contributed by atoms with Gasteiger partial charge in [-0.25, -0.2) is 19.1 Å². The Balaban J connectivity index is 2.10. The molecule has 2 aliphatic rings. The zero-order valence-electron chi connectivity index (χ0n) is 13.9. The molecule has 0 aromatic heterocycles. The molecule has 0 saturated carbocycles. The van der Waals surface area contributed by atoms with Gasteiger partial charge in [-0.05, 0) is 31.5 Å². The molecule has 1 unspecified atom stereocenters. The number of nitrogens with one attached hydrogen (secondary N) is 1. The quantitative estimate of drug-likeness (QED) is 0.826. The summed E-state index contributed by atoms with van der Waals surface area (Å²) >= 11 is 0. The van der Waals surface area contributed by atoms with Crippen LogP contribution in [0, 0.1) is 18.7 Å². The summed E-state index contributed by atoms with van der Waals surface area (Å²) < 4.78 is 13.8. The highest BCUT2D eigenvalue weighted by Crippen LogP contribution is 2.25.